The summed E-state index contributed by atoms with van der Waals surface area (Å²) in [5.74, 6) is 4.94. The van der Waals surface area contributed by atoms with E-state index < -0.39 is 18.1 Å². The van der Waals surface area contributed by atoms with Crippen molar-refractivity contribution < 1.29 is 19.8 Å². The van der Waals surface area contributed by atoms with Crippen molar-refractivity contribution in [3.05, 3.63) is 69.8 Å². The minimum absolute atomic E-state index is 0.223. The summed E-state index contributed by atoms with van der Waals surface area (Å²) in [4.78, 5) is 23.2. The number of aliphatic carboxylic acids is 1. The van der Waals surface area contributed by atoms with Gasteiger partial charge in [-0.25, -0.2) is 0 Å². The number of amides is 1. The first-order valence-electron chi connectivity index (χ1n) is 12.6. The molecule has 0 aromatic heterocycles. The van der Waals surface area contributed by atoms with Crippen LogP contribution in [0.4, 0.5) is 0 Å². The van der Waals surface area contributed by atoms with Gasteiger partial charge in [-0.15, -0.1) is 0 Å². The summed E-state index contributed by atoms with van der Waals surface area (Å²) < 4.78 is 0. The molecule has 3 rings (SSSR count). The molecule has 186 valence electrons. The fourth-order valence-electron chi connectivity index (χ4n) is 5.25. The molecule has 2 aromatic rings. The summed E-state index contributed by atoms with van der Waals surface area (Å²) in [5, 5.41) is 22.0. The van der Waals surface area contributed by atoms with Gasteiger partial charge in [-0.05, 0) is 86.8 Å². The summed E-state index contributed by atoms with van der Waals surface area (Å²) >= 11 is 0. The maximum atomic E-state index is 12.4. The fourth-order valence-corrected chi connectivity index (χ4v) is 5.25. The van der Waals surface area contributed by atoms with Gasteiger partial charge < -0.3 is 15.5 Å². The van der Waals surface area contributed by atoms with Crippen molar-refractivity contribution in [3.63, 3.8) is 0 Å². The number of rotatable bonds is 7. The van der Waals surface area contributed by atoms with Crippen LogP contribution in [0, 0.1) is 25.7 Å². The molecule has 0 bridgehead atoms. The number of carboxylic acid groups (broad SMARTS) is 1. The quantitative estimate of drug-likeness (QED) is 0.476. The number of nitrogens with one attached hydrogen (secondary N) is 1. The number of carbonyl (C=O) groups is 2. The van der Waals surface area contributed by atoms with Gasteiger partial charge in [-0.1, -0.05) is 56.4 Å². The molecule has 0 atom stereocenters. The first-order chi connectivity index (χ1) is 16.6. The summed E-state index contributed by atoms with van der Waals surface area (Å²) in [7, 11) is 0. The van der Waals surface area contributed by atoms with Crippen LogP contribution in [0.25, 0.3) is 0 Å². The molecule has 35 heavy (non-hydrogen) atoms. The van der Waals surface area contributed by atoms with Gasteiger partial charge >= 0.3 is 5.97 Å². The van der Waals surface area contributed by atoms with E-state index in [1.54, 1.807) is 6.07 Å². The number of carbonyl (C=O) groups excluding carboxylic acids is 1. The van der Waals surface area contributed by atoms with Crippen LogP contribution in [0.2, 0.25) is 0 Å². The molecule has 3 N–H and O–H groups in total. The van der Waals surface area contributed by atoms with Crippen LogP contribution in [0.15, 0.2) is 36.4 Å². The molecule has 2 aromatic carbocycles. The van der Waals surface area contributed by atoms with Gasteiger partial charge in [0, 0.05) is 16.5 Å². The second kappa shape index (κ2) is 11.1. The molecule has 1 amide bonds. The Kier molecular flexibility index (Phi) is 8.40. The summed E-state index contributed by atoms with van der Waals surface area (Å²) in [5.41, 5.74) is 4.57. The minimum atomic E-state index is -1.07. The average molecular weight is 476 g/mol. The van der Waals surface area contributed by atoms with E-state index in [1.165, 1.54) is 12.0 Å². The Morgan fingerprint density at radius 2 is 1.57 bits per heavy atom. The van der Waals surface area contributed by atoms with Crippen LogP contribution < -0.4 is 5.32 Å². The maximum absolute atomic E-state index is 12.4. The highest BCUT2D eigenvalue weighted by Gasteiger charge is 2.32. The predicted molar refractivity (Wildman–Crippen MR) is 139 cm³/mol. The zero-order chi connectivity index (χ0) is 25.6. The highest BCUT2D eigenvalue weighted by molar-refractivity contribution is 5.97. The molecule has 0 saturated heterocycles. The normalized spacial score (nSPS) is 15.1. The van der Waals surface area contributed by atoms with E-state index in [1.807, 2.05) is 19.1 Å². The molecule has 1 aliphatic rings. The van der Waals surface area contributed by atoms with Crippen molar-refractivity contribution in [2.75, 3.05) is 6.54 Å². The van der Waals surface area contributed by atoms with E-state index in [0.29, 0.717) is 5.56 Å². The molecule has 1 aliphatic carbocycles. The van der Waals surface area contributed by atoms with Crippen LogP contribution in [0.5, 0.6) is 0 Å². The highest BCUT2D eigenvalue weighted by Crippen LogP contribution is 2.40. The Morgan fingerprint density at radius 1 is 0.971 bits per heavy atom. The molecule has 0 heterocycles. The number of benzene rings is 2. The van der Waals surface area contributed by atoms with E-state index in [9.17, 15) is 14.7 Å². The predicted octanol–water partition coefficient (Wildman–Crippen LogP) is 5.27. The standard InChI is InChI=1S/C30H37NO4/c1-5-30(6-2,25-12-13-26(22(4)19-25)28(34)31-20-27(32)33)24-11-10-23(21(3)18-24)14-17-29(35)15-8-7-9-16-29/h10-13,18-19,35H,5-9,15-16,20H2,1-4H3,(H,31,34)(H,32,33). The van der Waals surface area contributed by atoms with Crippen molar-refractivity contribution in [1.82, 2.24) is 5.32 Å². The Bertz CT molecular complexity index is 1140. The molecule has 5 nitrogen and oxygen atoms in total. The van der Waals surface area contributed by atoms with Crippen molar-refractivity contribution in [1.29, 1.82) is 0 Å². The van der Waals surface area contributed by atoms with Crippen molar-refractivity contribution >= 4 is 11.9 Å². The average Bonchev–Trinajstić information content (AvgIpc) is 2.83. The molecule has 1 fully saturated rings. The van der Waals surface area contributed by atoms with Crippen LogP contribution in [0.1, 0.15) is 97.0 Å². The Hall–Kier alpha value is -3.10. The molecule has 0 radical (unpaired) electrons. The lowest BCUT2D eigenvalue weighted by atomic mass is 9.69. The second-order valence-corrected chi connectivity index (χ2v) is 9.77. The van der Waals surface area contributed by atoms with E-state index in [-0.39, 0.29) is 11.3 Å². The summed E-state index contributed by atoms with van der Waals surface area (Å²) in [6.07, 6.45) is 6.48. The van der Waals surface area contributed by atoms with Gasteiger partial charge in [-0.2, -0.15) is 0 Å². The van der Waals surface area contributed by atoms with Gasteiger partial charge in [-0.3, -0.25) is 9.59 Å². The Labute approximate surface area is 209 Å². The van der Waals surface area contributed by atoms with Gasteiger partial charge in [0.05, 0.1) is 0 Å². The van der Waals surface area contributed by atoms with E-state index >= 15 is 0 Å². The smallest absolute Gasteiger partial charge is 0.322 e. The van der Waals surface area contributed by atoms with Gasteiger partial charge in [0.2, 0.25) is 0 Å². The number of hydrogen-bond acceptors (Lipinski definition) is 3. The van der Waals surface area contributed by atoms with Crippen molar-refractivity contribution in [2.45, 2.75) is 83.7 Å². The van der Waals surface area contributed by atoms with Crippen LogP contribution >= 0.6 is 0 Å². The molecule has 0 unspecified atom stereocenters. The highest BCUT2D eigenvalue weighted by atomic mass is 16.4. The molecule has 0 spiro atoms. The van der Waals surface area contributed by atoms with E-state index in [0.717, 1.165) is 60.8 Å². The zero-order valence-electron chi connectivity index (χ0n) is 21.3. The Balaban J connectivity index is 1.92. The van der Waals surface area contributed by atoms with Gasteiger partial charge in [0.15, 0.2) is 0 Å². The molecule has 1 saturated carbocycles. The monoisotopic (exact) mass is 475 g/mol. The number of aryl methyl sites for hydroxylation is 2. The van der Waals surface area contributed by atoms with Crippen LogP contribution in [0.3, 0.4) is 0 Å². The molecular formula is C30H37NO4. The maximum Gasteiger partial charge on any atom is 0.322 e. The SMILES string of the molecule is CCC(CC)(c1ccc(C#CC2(O)CCCCC2)c(C)c1)c1ccc(C(=O)NCC(=O)O)c(C)c1. The third-order valence-corrected chi connectivity index (χ3v) is 7.52. The lowest BCUT2D eigenvalue weighted by Crippen LogP contribution is -2.30. The third kappa shape index (κ3) is 5.94. The largest absolute Gasteiger partial charge is 0.480 e. The van der Waals surface area contributed by atoms with Crippen LogP contribution in [-0.4, -0.2) is 34.2 Å². The zero-order valence-corrected chi connectivity index (χ0v) is 21.3. The number of carboxylic acids is 1. The molecule has 0 aliphatic heterocycles. The lowest BCUT2D eigenvalue weighted by molar-refractivity contribution is -0.135. The molecular weight excluding hydrogens is 438 g/mol. The topological polar surface area (TPSA) is 86.6 Å². The van der Waals surface area contributed by atoms with Gasteiger partial charge in [0.25, 0.3) is 5.91 Å². The lowest BCUT2D eigenvalue weighted by Gasteiger charge is -2.34. The van der Waals surface area contributed by atoms with Crippen molar-refractivity contribution in [3.8, 4) is 11.8 Å². The first-order valence-corrected chi connectivity index (χ1v) is 12.6. The van der Waals surface area contributed by atoms with Crippen molar-refractivity contribution in [2.24, 2.45) is 0 Å². The molecule has 5 heteroatoms. The van der Waals surface area contributed by atoms with E-state index in [4.69, 9.17) is 5.11 Å². The number of hydrogen-bond donors (Lipinski definition) is 3. The minimum Gasteiger partial charge on any atom is -0.480 e. The summed E-state index contributed by atoms with van der Waals surface area (Å²) in [6.45, 7) is 7.90. The van der Waals surface area contributed by atoms with Gasteiger partial charge in [0.1, 0.15) is 12.1 Å². The third-order valence-electron chi connectivity index (χ3n) is 7.52. The van der Waals surface area contributed by atoms with E-state index in [2.05, 4.69) is 56.1 Å². The van der Waals surface area contributed by atoms with Crippen LogP contribution in [-0.2, 0) is 10.2 Å². The Morgan fingerprint density at radius 3 is 2.11 bits per heavy atom. The second-order valence-electron chi connectivity index (χ2n) is 9.77. The fraction of sp³-hybridized carbons (Fsp3) is 0.467. The first kappa shape index (κ1) is 26.5. The number of aliphatic hydroxyl groups is 1. The summed E-state index contributed by atoms with van der Waals surface area (Å²) in [6, 6.07) is 12.2.